The molecule has 0 radical (unpaired) electrons. The predicted octanol–water partition coefficient (Wildman–Crippen LogP) is 4.88. The van der Waals surface area contributed by atoms with Crippen LogP contribution in [0, 0.1) is 12.7 Å². The molecule has 1 N–H and O–H groups in total. The number of aromatic carboxylic acids is 1. The van der Waals surface area contributed by atoms with Crippen molar-refractivity contribution in [3.63, 3.8) is 0 Å². The summed E-state index contributed by atoms with van der Waals surface area (Å²) < 4.78 is 15.2. The second kappa shape index (κ2) is 8.63. The molecule has 1 atom stereocenters. The topological polar surface area (TPSA) is 74.9 Å². The van der Waals surface area contributed by atoms with Crippen LogP contribution in [0.5, 0.6) is 0 Å². The Labute approximate surface area is 184 Å². The molecule has 7 heteroatoms. The lowest BCUT2D eigenvalue weighted by atomic mass is 10.0. The Hall–Kier alpha value is -4.00. The Bertz CT molecular complexity index is 1300. The van der Waals surface area contributed by atoms with Crippen molar-refractivity contribution in [2.75, 3.05) is 0 Å². The van der Waals surface area contributed by atoms with Crippen LogP contribution in [0.2, 0.25) is 0 Å². The quantitative estimate of drug-likeness (QED) is 0.472. The van der Waals surface area contributed by atoms with Gasteiger partial charge in [-0.15, -0.1) is 0 Å². The number of nitrogens with zero attached hydrogens (tertiary/aromatic N) is 3. The van der Waals surface area contributed by atoms with Gasteiger partial charge >= 0.3 is 5.97 Å². The molecular weight excluding hydrogens is 409 g/mol. The maximum atomic E-state index is 13.6. The van der Waals surface area contributed by atoms with Crippen molar-refractivity contribution in [2.24, 2.45) is 0 Å². The van der Waals surface area contributed by atoms with Gasteiger partial charge in [0.2, 0.25) is 0 Å². The summed E-state index contributed by atoms with van der Waals surface area (Å²) in [6, 6.07) is 19.5. The minimum absolute atomic E-state index is 0.146. The largest absolute Gasteiger partial charge is 0.478 e. The molecule has 4 rings (SSSR count). The molecule has 0 aliphatic carbocycles. The number of benzene rings is 2. The van der Waals surface area contributed by atoms with Gasteiger partial charge in [0.15, 0.2) is 5.69 Å². The van der Waals surface area contributed by atoms with E-state index in [-0.39, 0.29) is 29.5 Å². The third-order valence-corrected chi connectivity index (χ3v) is 5.50. The van der Waals surface area contributed by atoms with E-state index in [1.54, 1.807) is 45.8 Å². The highest BCUT2D eigenvalue weighted by Gasteiger charge is 2.26. The SMILES string of the molecule is Cc1cccc2cc(C(=O)N(Cc3cccc(C(=O)O)c3)[C@H](C)c3ccc(F)cc3)nn12. The smallest absolute Gasteiger partial charge is 0.335 e. The van der Waals surface area contributed by atoms with Gasteiger partial charge in [0.25, 0.3) is 5.91 Å². The summed E-state index contributed by atoms with van der Waals surface area (Å²) in [6.45, 7) is 3.93. The van der Waals surface area contributed by atoms with Crippen molar-refractivity contribution in [1.82, 2.24) is 14.5 Å². The van der Waals surface area contributed by atoms with E-state index in [1.165, 1.54) is 18.2 Å². The Morgan fingerprint density at radius 3 is 2.47 bits per heavy atom. The van der Waals surface area contributed by atoms with Crippen LogP contribution in [-0.2, 0) is 6.54 Å². The number of amides is 1. The van der Waals surface area contributed by atoms with Crippen LogP contribution < -0.4 is 0 Å². The molecule has 6 nitrogen and oxygen atoms in total. The number of pyridine rings is 1. The van der Waals surface area contributed by atoms with Crippen LogP contribution in [0.4, 0.5) is 4.39 Å². The highest BCUT2D eigenvalue weighted by atomic mass is 19.1. The van der Waals surface area contributed by atoms with Crippen LogP contribution in [0.3, 0.4) is 0 Å². The molecule has 32 heavy (non-hydrogen) atoms. The first-order valence-corrected chi connectivity index (χ1v) is 10.2. The summed E-state index contributed by atoms with van der Waals surface area (Å²) in [5.41, 5.74) is 3.56. The molecule has 2 aromatic heterocycles. The fourth-order valence-corrected chi connectivity index (χ4v) is 3.71. The first kappa shape index (κ1) is 21.2. The second-order valence-corrected chi connectivity index (χ2v) is 7.70. The second-order valence-electron chi connectivity index (χ2n) is 7.70. The summed E-state index contributed by atoms with van der Waals surface area (Å²) in [5, 5.41) is 13.8. The molecule has 0 saturated carbocycles. The van der Waals surface area contributed by atoms with Crippen LogP contribution in [0.25, 0.3) is 5.52 Å². The summed E-state index contributed by atoms with van der Waals surface area (Å²) >= 11 is 0. The van der Waals surface area contributed by atoms with Gasteiger partial charge in [-0.1, -0.05) is 30.3 Å². The predicted molar refractivity (Wildman–Crippen MR) is 118 cm³/mol. The zero-order chi connectivity index (χ0) is 22.8. The zero-order valence-electron chi connectivity index (χ0n) is 17.7. The fraction of sp³-hybridized carbons (Fsp3) is 0.160. The van der Waals surface area contributed by atoms with E-state index in [1.807, 2.05) is 32.0 Å². The van der Waals surface area contributed by atoms with E-state index in [2.05, 4.69) is 5.10 Å². The van der Waals surface area contributed by atoms with Gasteiger partial charge in [-0.05, 0) is 67.4 Å². The normalized spacial score (nSPS) is 12.0. The van der Waals surface area contributed by atoms with Crippen molar-refractivity contribution in [3.8, 4) is 0 Å². The number of rotatable bonds is 6. The molecule has 0 saturated heterocycles. The Balaban J connectivity index is 1.74. The molecule has 0 aliphatic heterocycles. The molecule has 0 unspecified atom stereocenters. The number of halogens is 1. The third-order valence-electron chi connectivity index (χ3n) is 5.50. The minimum Gasteiger partial charge on any atom is -0.478 e. The fourth-order valence-electron chi connectivity index (χ4n) is 3.71. The highest BCUT2D eigenvalue weighted by Crippen LogP contribution is 2.25. The van der Waals surface area contributed by atoms with E-state index in [4.69, 9.17) is 0 Å². The molecule has 1 amide bonds. The summed E-state index contributed by atoms with van der Waals surface area (Å²) in [5.74, 6) is -1.69. The van der Waals surface area contributed by atoms with Crippen LogP contribution in [0.1, 0.15) is 50.6 Å². The van der Waals surface area contributed by atoms with Gasteiger partial charge in [-0.2, -0.15) is 5.10 Å². The number of fused-ring (bicyclic) bond motifs is 1. The standard InChI is InChI=1S/C25H22FN3O3/c1-16-5-3-8-22-14-23(27-29(16)22)24(30)28(17(2)19-9-11-21(26)12-10-19)15-18-6-4-7-20(13-18)25(31)32/h3-14,17H,15H2,1-2H3,(H,31,32)/t17-/m1/s1. The number of aryl methyl sites for hydroxylation is 1. The number of hydrogen-bond acceptors (Lipinski definition) is 3. The van der Waals surface area contributed by atoms with Crippen LogP contribution in [-0.4, -0.2) is 31.5 Å². The van der Waals surface area contributed by atoms with Crippen LogP contribution >= 0.6 is 0 Å². The van der Waals surface area contributed by atoms with Crippen molar-refractivity contribution >= 4 is 17.4 Å². The van der Waals surface area contributed by atoms with Crippen molar-refractivity contribution in [1.29, 1.82) is 0 Å². The summed E-state index contributed by atoms with van der Waals surface area (Å²) in [6.07, 6.45) is 0. The zero-order valence-corrected chi connectivity index (χ0v) is 17.7. The average Bonchev–Trinajstić information content (AvgIpc) is 3.23. The van der Waals surface area contributed by atoms with E-state index >= 15 is 0 Å². The molecular formula is C25H22FN3O3. The van der Waals surface area contributed by atoms with E-state index in [0.717, 1.165) is 16.8 Å². The minimum atomic E-state index is -1.04. The first-order chi connectivity index (χ1) is 15.3. The van der Waals surface area contributed by atoms with Crippen molar-refractivity contribution < 1.29 is 19.1 Å². The van der Waals surface area contributed by atoms with E-state index in [0.29, 0.717) is 5.56 Å². The van der Waals surface area contributed by atoms with Crippen molar-refractivity contribution in [2.45, 2.75) is 26.4 Å². The number of carbonyl (C=O) groups is 2. The molecule has 2 heterocycles. The molecule has 4 aromatic rings. The number of carbonyl (C=O) groups excluding carboxylic acids is 1. The van der Waals surface area contributed by atoms with Gasteiger partial charge in [0, 0.05) is 12.2 Å². The maximum absolute atomic E-state index is 13.6. The maximum Gasteiger partial charge on any atom is 0.335 e. The molecule has 162 valence electrons. The van der Waals surface area contributed by atoms with Gasteiger partial charge in [-0.25, -0.2) is 13.7 Å². The molecule has 0 aliphatic rings. The molecule has 0 bridgehead atoms. The first-order valence-electron chi connectivity index (χ1n) is 10.2. The molecule has 2 aromatic carbocycles. The Morgan fingerprint density at radius 2 is 1.78 bits per heavy atom. The van der Waals surface area contributed by atoms with Gasteiger partial charge in [-0.3, -0.25) is 4.79 Å². The van der Waals surface area contributed by atoms with E-state index in [9.17, 15) is 19.1 Å². The van der Waals surface area contributed by atoms with Gasteiger partial charge < -0.3 is 10.0 Å². The summed E-state index contributed by atoms with van der Waals surface area (Å²) in [4.78, 5) is 26.6. The average molecular weight is 431 g/mol. The van der Waals surface area contributed by atoms with Gasteiger partial charge in [0.1, 0.15) is 5.82 Å². The van der Waals surface area contributed by atoms with Gasteiger partial charge in [0.05, 0.1) is 17.1 Å². The lowest BCUT2D eigenvalue weighted by molar-refractivity contribution is 0.0667. The monoisotopic (exact) mass is 431 g/mol. The number of aromatic nitrogens is 2. The number of hydrogen-bond donors (Lipinski definition) is 1. The third kappa shape index (κ3) is 4.23. The van der Waals surface area contributed by atoms with Crippen LogP contribution in [0.15, 0.2) is 72.8 Å². The Morgan fingerprint density at radius 1 is 1.06 bits per heavy atom. The van der Waals surface area contributed by atoms with E-state index < -0.39 is 12.0 Å². The Kier molecular flexibility index (Phi) is 5.73. The lowest BCUT2D eigenvalue weighted by Crippen LogP contribution is -2.33. The number of carboxylic acid groups (broad SMARTS) is 1. The lowest BCUT2D eigenvalue weighted by Gasteiger charge is -2.29. The highest BCUT2D eigenvalue weighted by molar-refractivity contribution is 5.94. The summed E-state index contributed by atoms with van der Waals surface area (Å²) in [7, 11) is 0. The molecule has 0 fully saturated rings. The molecule has 0 spiro atoms. The number of carboxylic acids is 1. The van der Waals surface area contributed by atoms with Crippen molar-refractivity contribution in [3.05, 3.63) is 107 Å².